The second kappa shape index (κ2) is 4.09. The summed E-state index contributed by atoms with van der Waals surface area (Å²) < 4.78 is 2.79. The molecular formula is C13H10BrN5. The molecule has 2 heterocycles. The van der Waals surface area contributed by atoms with Crippen molar-refractivity contribution in [1.82, 2.24) is 25.2 Å². The highest BCUT2D eigenvalue weighted by molar-refractivity contribution is 9.10. The van der Waals surface area contributed by atoms with E-state index >= 15 is 0 Å². The van der Waals surface area contributed by atoms with Crippen LogP contribution in [0.25, 0.3) is 16.6 Å². The highest BCUT2D eigenvalue weighted by Gasteiger charge is 2.30. The lowest BCUT2D eigenvalue weighted by molar-refractivity contribution is 0.766. The minimum Gasteiger partial charge on any atom is -0.253 e. The largest absolute Gasteiger partial charge is 0.253 e. The van der Waals surface area contributed by atoms with Crippen LogP contribution in [0, 0.1) is 0 Å². The summed E-state index contributed by atoms with van der Waals surface area (Å²) in [5, 5.41) is 13.2. The number of nitrogens with zero attached hydrogens (tertiary/aromatic N) is 5. The van der Waals surface area contributed by atoms with Crippen LogP contribution in [0.5, 0.6) is 0 Å². The van der Waals surface area contributed by atoms with Crippen molar-refractivity contribution in [3.8, 4) is 5.69 Å². The first kappa shape index (κ1) is 11.0. The Morgan fingerprint density at radius 2 is 2.16 bits per heavy atom. The minimum atomic E-state index is 0.501. The average molecular weight is 316 g/mol. The predicted molar refractivity (Wildman–Crippen MR) is 74.1 cm³/mol. The average Bonchev–Trinajstić information content (AvgIpc) is 3.15. The van der Waals surface area contributed by atoms with Gasteiger partial charge in [0.25, 0.3) is 0 Å². The molecule has 0 unspecified atom stereocenters. The first-order chi connectivity index (χ1) is 9.33. The molecule has 1 aromatic carbocycles. The molecule has 1 aliphatic rings. The quantitative estimate of drug-likeness (QED) is 0.729. The fourth-order valence-corrected chi connectivity index (χ4v) is 2.60. The monoisotopic (exact) mass is 315 g/mol. The third kappa shape index (κ3) is 1.83. The van der Waals surface area contributed by atoms with Crippen LogP contribution in [-0.4, -0.2) is 25.2 Å². The number of aromatic nitrogens is 5. The fourth-order valence-electron chi connectivity index (χ4n) is 2.25. The third-order valence-electron chi connectivity index (χ3n) is 3.32. The van der Waals surface area contributed by atoms with E-state index in [9.17, 15) is 0 Å². The van der Waals surface area contributed by atoms with Crippen molar-refractivity contribution in [3.05, 3.63) is 40.8 Å². The Labute approximate surface area is 117 Å². The Kier molecular flexibility index (Phi) is 2.38. The highest BCUT2D eigenvalue weighted by Crippen LogP contribution is 2.39. The molecule has 0 radical (unpaired) electrons. The van der Waals surface area contributed by atoms with Crippen molar-refractivity contribution in [2.24, 2.45) is 0 Å². The molecule has 94 valence electrons. The zero-order valence-electron chi connectivity index (χ0n) is 9.99. The van der Waals surface area contributed by atoms with Crippen molar-refractivity contribution >= 4 is 26.8 Å². The molecule has 0 saturated heterocycles. The van der Waals surface area contributed by atoms with Gasteiger partial charge in [-0.25, -0.2) is 0 Å². The molecular weight excluding hydrogens is 306 g/mol. The molecule has 1 fully saturated rings. The van der Waals surface area contributed by atoms with Crippen LogP contribution in [0.2, 0.25) is 0 Å². The van der Waals surface area contributed by atoms with Crippen molar-refractivity contribution < 1.29 is 0 Å². The van der Waals surface area contributed by atoms with Crippen LogP contribution in [0.4, 0.5) is 0 Å². The lowest BCUT2D eigenvalue weighted by Gasteiger charge is -2.07. The van der Waals surface area contributed by atoms with E-state index < -0.39 is 0 Å². The van der Waals surface area contributed by atoms with Crippen LogP contribution in [0.15, 0.2) is 34.9 Å². The molecule has 4 rings (SSSR count). The van der Waals surface area contributed by atoms with Gasteiger partial charge in [-0.3, -0.25) is 4.98 Å². The Morgan fingerprint density at radius 3 is 3.00 bits per heavy atom. The second-order valence-corrected chi connectivity index (χ2v) is 5.64. The maximum Gasteiger partial charge on any atom is 0.159 e. The fraction of sp³-hybridized carbons (Fsp3) is 0.231. The summed E-state index contributed by atoms with van der Waals surface area (Å²) in [6.07, 6.45) is 4.14. The SMILES string of the molecule is Brc1cnc2c(-n3nnnc3C3CC3)cccc2c1. The third-order valence-corrected chi connectivity index (χ3v) is 3.75. The normalized spacial score (nSPS) is 15.0. The number of rotatable bonds is 2. The smallest absolute Gasteiger partial charge is 0.159 e. The molecule has 2 aromatic heterocycles. The van der Waals surface area contributed by atoms with Gasteiger partial charge in [0.05, 0.1) is 11.2 Å². The van der Waals surface area contributed by atoms with Crippen LogP contribution >= 0.6 is 15.9 Å². The lowest BCUT2D eigenvalue weighted by atomic mass is 10.2. The summed E-state index contributed by atoms with van der Waals surface area (Å²) in [5.41, 5.74) is 1.86. The van der Waals surface area contributed by atoms with Crippen LogP contribution in [0.1, 0.15) is 24.6 Å². The first-order valence-electron chi connectivity index (χ1n) is 6.16. The van der Waals surface area contributed by atoms with Crippen molar-refractivity contribution in [2.45, 2.75) is 18.8 Å². The second-order valence-electron chi connectivity index (χ2n) is 4.73. The highest BCUT2D eigenvalue weighted by atomic mass is 79.9. The topological polar surface area (TPSA) is 56.5 Å². The molecule has 0 bridgehead atoms. The van der Waals surface area contributed by atoms with Gasteiger partial charge in [0.15, 0.2) is 5.82 Å². The van der Waals surface area contributed by atoms with Crippen molar-refractivity contribution in [2.75, 3.05) is 0 Å². The molecule has 19 heavy (non-hydrogen) atoms. The maximum absolute atomic E-state index is 4.49. The number of hydrogen-bond donors (Lipinski definition) is 0. The van der Waals surface area contributed by atoms with Gasteiger partial charge in [-0.15, -0.1) is 5.10 Å². The summed E-state index contributed by atoms with van der Waals surface area (Å²) >= 11 is 3.44. The molecule has 6 heteroatoms. The Morgan fingerprint density at radius 1 is 1.26 bits per heavy atom. The van der Waals surface area contributed by atoms with Gasteiger partial charge >= 0.3 is 0 Å². The van der Waals surface area contributed by atoms with Gasteiger partial charge in [-0.1, -0.05) is 12.1 Å². The van der Waals surface area contributed by atoms with Gasteiger partial charge in [0.2, 0.25) is 0 Å². The van der Waals surface area contributed by atoms with Crippen LogP contribution in [-0.2, 0) is 0 Å². The number of hydrogen-bond acceptors (Lipinski definition) is 4. The van der Waals surface area contributed by atoms with E-state index in [-0.39, 0.29) is 0 Å². The van der Waals surface area contributed by atoms with Crippen LogP contribution in [0.3, 0.4) is 0 Å². The van der Waals surface area contributed by atoms with Crippen molar-refractivity contribution in [3.63, 3.8) is 0 Å². The van der Waals surface area contributed by atoms with Gasteiger partial charge in [0.1, 0.15) is 0 Å². The van der Waals surface area contributed by atoms with E-state index in [2.05, 4.69) is 36.4 Å². The molecule has 5 nitrogen and oxygen atoms in total. The molecule has 0 atom stereocenters. The van der Waals surface area contributed by atoms with E-state index in [1.807, 2.05) is 28.9 Å². The number of para-hydroxylation sites is 1. The standard InChI is InChI=1S/C13H10BrN5/c14-10-6-9-2-1-3-11(12(9)15-7-10)19-13(8-4-5-8)16-17-18-19/h1-3,6-8H,4-5H2. The summed E-state index contributed by atoms with van der Waals surface area (Å²) in [4.78, 5) is 4.49. The van der Waals surface area contributed by atoms with E-state index in [1.165, 1.54) is 12.8 Å². The summed E-state index contributed by atoms with van der Waals surface area (Å²) in [7, 11) is 0. The molecule has 0 spiro atoms. The Balaban J connectivity index is 1.97. The number of tetrazole rings is 1. The van der Waals surface area contributed by atoms with Gasteiger partial charge in [-0.2, -0.15) is 4.68 Å². The van der Waals surface area contributed by atoms with E-state index in [0.29, 0.717) is 5.92 Å². The van der Waals surface area contributed by atoms with Gasteiger partial charge < -0.3 is 0 Å². The van der Waals surface area contributed by atoms with Gasteiger partial charge in [-0.05, 0) is 51.3 Å². The molecule has 0 amide bonds. The number of pyridine rings is 1. The van der Waals surface area contributed by atoms with Crippen molar-refractivity contribution in [1.29, 1.82) is 0 Å². The zero-order chi connectivity index (χ0) is 12.8. The number of halogens is 1. The maximum atomic E-state index is 4.49. The molecule has 1 saturated carbocycles. The molecule has 0 N–H and O–H groups in total. The number of benzene rings is 1. The lowest BCUT2D eigenvalue weighted by Crippen LogP contribution is -2.03. The van der Waals surface area contributed by atoms with E-state index in [0.717, 1.165) is 26.9 Å². The Bertz CT molecular complexity index is 763. The zero-order valence-corrected chi connectivity index (χ0v) is 11.6. The summed E-state index contributed by atoms with van der Waals surface area (Å²) in [6.45, 7) is 0. The molecule has 1 aliphatic carbocycles. The van der Waals surface area contributed by atoms with E-state index in [4.69, 9.17) is 0 Å². The van der Waals surface area contributed by atoms with Gasteiger partial charge in [0, 0.05) is 22.0 Å². The predicted octanol–water partition coefficient (Wildman–Crippen LogP) is 2.85. The Hall–Kier alpha value is -1.82. The molecule has 3 aromatic rings. The minimum absolute atomic E-state index is 0.501. The van der Waals surface area contributed by atoms with E-state index in [1.54, 1.807) is 6.20 Å². The molecule has 0 aliphatic heterocycles. The summed E-state index contributed by atoms with van der Waals surface area (Å²) in [6, 6.07) is 8.10. The first-order valence-corrected chi connectivity index (χ1v) is 6.95. The number of fused-ring (bicyclic) bond motifs is 1. The van der Waals surface area contributed by atoms with Crippen LogP contribution < -0.4 is 0 Å². The summed E-state index contributed by atoms with van der Waals surface area (Å²) in [5.74, 6) is 1.44.